The summed E-state index contributed by atoms with van der Waals surface area (Å²) in [5, 5.41) is 2.77. The minimum Gasteiger partial charge on any atom is -0.348 e. The summed E-state index contributed by atoms with van der Waals surface area (Å²) in [4.78, 5) is 40.0. The summed E-state index contributed by atoms with van der Waals surface area (Å²) in [6.45, 7) is 7.15. The van der Waals surface area contributed by atoms with E-state index in [-0.39, 0.29) is 11.8 Å². The Morgan fingerprint density at radius 3 is 2.70 bits per heavy atom. The molecule has 0 unspecified atom stereocenters. The van der Waals surface area contributed by atoms with Crippen LogP contribution in [0.4, 0.5) is 0 Å². The quantitative estimate of drug-likeness (QED) is 0.772. The molecule has 2 N–H and O–H groups in total. The highest BCUT2D eigenvalue weighted by molar-refractivity contribution is 5.87. The van der Waals surface area contributed by atoms with E-state index in [9.17, 15) is 9.59 Å². The van der Waals surface area contributed by atoms with Crippen LogP contribution in [0.2, 0.25) is 0 Å². The summed E-state index contributed by atoms with van der Waals surface area (Å²) in [5.74, 6) is -0.259. The van der Waals surface area contributed by atoms with Gasteiger partial charge in [-0.15, -0.1) is 0 Å². The Balaban J connectivity index is 1.57. The summed E-state index contributed by atoms with van der Waals surface area (Å²) < 4.78 is 0. The maximum Gasteiger partial charge on any atom is 0.245 e. The second-order valence-corrected chi connectivity index (χ2v) is 6.90. The minimum absolute atomic E-state index is 0.0477. The molecular formula is C19H26N6O2. The first kappa shape index (κ1) is 19.0. The van der Waals surface area contributed by atoms with Crippen LogP contribution in [-0.4, -0.2) is 68.8 Å². The summed E-state index contributed by atoms with van der Waals surface area (Å²) in [5.41, 5.74) is 3.08. The molecule has 1 atom stereocenters. The molecule has 3 rings (SSSR count). The Morgan fingerprint density at radius 2 is 2.07 bits per heavy atom. The van der Waals surface area contributed by atoms with E-state index in [1.165, 1.54) is 12.5 Å². The molecule has 0 saturated carbocycles. The summed E-state index contributed by atoms with van der Waals surface area (Å²) in [6, 6.07) is 3.43. The molecule has 0 spiro atoms. The zero-order valence-electron chi connectivity index (χ0n) is 15.8. The molecule has 2 amide bonds. The van der Waals surface area contributed by atoms with Gasteiger partial charge >= 0.3 is 0 Å². The normalized spacial score (nSPS) is 16.1. The zero-order chi connectivity index (χ0) is 19.2. The molecular weight excluding hydrogens is 344 g/mol. The number of carbonyl (C=O) groups excluding carboxylic acids is 2. The lowest BCUT2D eigenvalue weighted by molar-refractivity contribution is -0.137. The molecule has 144 valence electrons. The lowest BCUT2D eigenvalue weighted by atomic mass is 10.1. The third kappa shape index (κ3) is 5.13. The van der Waals surface area contributed by atoms with Crippen LogP contribution in [0, 0.1) is 6.92 Å². The summed E-state index contributed by atoms with van der Waals surface area (Å²) in [7, 11) is 0. The number of amides is 2. The van der Waals surface area contributed by atoms with Crippen LogP contribution in [0.1, 0.15) is 23.9 Å². The average molecular weight is 370 g/mol. The SMILES string of the molecule is CC(=O)N[C@@H](Cc1cnc[nH]1)C(=O)N1CCN(Cc2ncccc2C)CC1. The van der Waals surface area contributed by atoms with Gasteiger partial charge in [0.15, 0.2) is 0 Å². The molecule has 0 radical (unpaired) electrons. The fourth-order valence-electron chi connectivity index (χ4n) is 3.30. The maximum absolute atomic E-state index is 12.9. The molecule has 2 aromatic heterocycles. The largest absolute Gasteiger partial charge is 0.348 e. The van der Waals surface area contributed by atoms with Crippen LogP contribution in [0.3, 0.4) is 0 Å². The van der Waals surface area contributed by atoms with Gasteiger partial charge in [0.2, 0.25) is 11.8 Å². The van der Waals surface area contributed by atoms with E-state index in [1.807, 2.05) is 17.2 Å². The summed E-state index contributed by atoms with van der Waals surface area (Å²) in [6.07, 6.45) is 5.47. The van der Waals surface area contributed by atoms with Gasteiger partial charge in [-0.2, -0.15) is 0 Å². The molecule has 2 aromatic rings. The fourth-order valence-corrected chi connectivity index (χ4v) is 3.30. The van der Waals surface area contributed by atoms with Crippen LogP contribution >= 0.6 is 0 Å². The van der Waals surface area contributed by atoms with Crippen molar-refractivity contribution < 1.29 is 9.59 Å². The number of hydrogen-bond donors (Lipinski definition) is 2. The summed E-state index contributed by atoms with van der Waals surface area (Å²) >= 11 is 0. The van der Waals surface area contributed by atoms with Crippen molar-refractivity contribution in [3.05, 3.63) is 47.8 Å². The van der Waals surface area contributed by atoms with Gasteiger partial charge in [-0.3, -0.25) is 19.5 Å². The van der Waals surface area contributed by atoms with Gasteiger partial charge in [0.05, 0.1) is 12.0 Å². The molecule has 8 nitrogen and oxygen atoms in total. The molecule has 1 aliphatic heterocycles. The van der Waals surface area contributed by atoms with E-state index in [0.717, 1.165) is 31.0 Å². The number of hydrogen-bond acceptors (Lipinski definition) is 5. The second kappa shape index (κ2) is 8.77. The first-order valence-electron chi connectivity index (χ1n) is 9.19. The lowest BCUT2D eigenvalue weighted by Crippen LogP contribution is -2.55. The lowest BCUT2D eigenvalue weighted by Gasteiger charge is -2.36. The standard InChI is InChI=1S/C19H26N6O2/c1-14-4-3-5-21-18(14)12-24-6-8-25(9-7-24)19(27)17(23-15(2)26)10-16-11-20-13-22-16/h3-5,11,13,17H,6-10,12H2,1-2H3,(H,20,22)(H,23,26)/t17-/m0/s1. The van der Waals surface area contributed by atoms with E-state index >= 15 is 0 Å². The Kier molecular flexibility index (Phi) is 6.18. The number of aryl methyl sites for hydroxylation is 1. The number of aromatic amines is 1. The maximum atomic E-state index is 12.9. The Hall–Kier alpha value is -2.74. The van der Waals surface area contributed by atoms with Gasteiger partial charge in [-0.05, 0) is 18.6 Å². The highest BCUT2D eigenvalue weighted by Gasteiger charge is 2.28. The van der Waals surface area contributed by atoms with Gasteiger partial charge < -0.3 is 15.2 Å². The van der Waals surface area contributed by atoms with Crippen LogP contribution < -0.4 is 5.32 Å². The van der Waals surface area contributed by atoms with Crippen molar-refractivity contribution in [1.82, 2.24) is 30.1 Å². The predicted molar refractivity (Wildman–Crippen MR) is 101 cm³/mol. The van der Waals surface area contributed by atoms with Gasteiger partial charge in [-0.1, -0.05) is 6.07 Å². The van der Waals surface area contributed by atoms with Crippen LogP contribution in [0.15, 0.2) is 30.9 Å². The van der Waals surface area contributed by atoms with Gasteiger partial charge in [0.25, 0.3) is 0 Å². The smallest absolute Gasteiger partial charge is 0.245 e. The van der Waals surface area contributed by atoms with Gasteiger partial charge in [0, 0.05) is 64.2 Å². The number of rotatable bonds is 6. The average Bonchev–Trinajstić information content (AvgIpc) is 3.16. The van der Waals surface area contributed by atoms with Crippen molar-refractivity contribution in [2.75, 3.05) is 26.2 Å². The number of nitrogens with zero attached hydrogens (tertiary/aromatic N) is 4. The van der Waals surface area contributed by atoms with Crippen molar-refractivity contribution in [3.63, 3.8) is 0 Å². The first-order valence-corrected chi connectivity index (χ1v) is 9.19. The predicted octanol–water partition coefficient (Wildman–Crippen LogP) is 0.505. The van der Waals surface area contributed by atoms with E-state index < -0.39 is 6.04 Å². The second-order valence-electron chi connectivity index (χ2n) is 6.90. The molecule has 0 aromatic carbocycles. The molecule has 27 heavy (non-hydrogen) atoms. The number of imidazole rings is 1. The highest BCUT2D eigenvalue weighted by Crippen LogP contribution is 2.12. The van der Waals surface area contributed by atoms with Gasteiger partial charge in [-0.25, -0.2) is 4.98 Å². The Labute approximate surface area is 159 Å². The minimum atomic E-state index is -0.576. The monoisotopic (exact) mass is 370 g/mol. The van der Waals surface area contributed by atoms with E-state index in [0.29, 0.717) is 19.5 Å². The van der Waals surface area contributed by atoms with E-state index in [4.69, 9.17) is 0 Å². The number of piperazine rings is 1. The molecule has 1 fully saturated rings. The van der Waals surface area contributed by atoms with Crippen LogP contribution in [-0.2, 0) is 22.6 Å². The van der Waals surface area contributed by atoms with Crippen molar-refractivity contribution in [2.45, 2.75) is 32.9 Å². The van der Waals surface area contributed by atoms with Crippen LogP contribution in [0.25, 0.3) is 0 Å². The molecule has 8 heteroatoms. The van der Waals surface area contributed by atoms with Crippen molar-refractivity contribution in [2.24, 2.45) is 0 Å². The van der Waals surface area contributed by atoms with Crippen molar-refractivity contribution in [1.29, 1.82) is 0 Å². The third-order valence-corrected chi connectivity index (χ3v) is 4.83. The number of carbonyl (C=O) groups is 2. The molecule has 1 saturated heterocycles. The van der Waals surface area contributed by atoms with E-state index in [1.54, 1.807) is 12.5 Å². The Bertz CT molecular complexity index is 768. The molecule has 0 aliphatic carbocycles. The third-order valence-electron chi connectivity index (χ3n) is 4.83. The highest BCUT2D eigenvalue weighted by atomic mass is 16.2. The molecule has 0 bridgehead atoms. The van der Waals surface area contributed by atoms with Crippen molar-refractivity contribution >= 4 is 11.8 Å². The fraction of sp³-hybridized carbons (Fsp3) is 0.474. The van der Waals surface area contributed by atoms with Gasteiger partial charge in [0.1, 0.15) is 6.04 Å². The molecule has 3 heterocycles. The zero-order valence-corrected chi connectivity index (χ0v) is 15.8. The molecule has 1 aliphatic rings. The number of nitrogens with one attached hydrogen (secondary N) is 2. The first-order chi connectivity index (χ1) is 13.0. The van der Waals surface area contributed by atoms with Crippen molar-refractivity contribution in [3.8, 4) is 0 Å². The number of H-pyrrole nitrogens is 1. The van der Waals surface area contributed by atoms with Crippen LogP contribution in [0.5, 0.6) is 0 Å². The topological polar surface area (TPSA) is 94.2 Å². The number of pyridine rings is 1. The van der Waals surface area contributed by atoms with E-state index in [2.05, 4.69) is 38.2 Å². The Morgan fingerprint density at radius 1 is 1.30 bits per heavy atom. The number of aromatic nitrogens is 3.